The number of hydrogen-bond donors (Lipinski definition) is 0. The van der Waals surface area contributed by atoms with E-state index in [0.29, 0.717) is 12.1 Å². The zero-order valence-electron chi connectivity index (χ0n) is 8.12. The van der Waals surface area contributed by atoms with E-state index in [9.17, 15) is 28.1 Å². The van der Waals surface area contributed by atoms with E-state index in [4.69, 9.17) is 11.6 Å². The zero-order valence-corrected chi connectivity index (χ0v) is 8.88. The second kappa shape index (κ2) is 4.70. The van der Waals surface area contributed by atoms with Crippen molar-refractivity contribution < 1.29 is 22.9 Å². The molecule has 0 spiro atoms. The lowest BCUT2D eigenvalue weighted by molar-refractivity contribution is -0.388. The summed E-state index contributed by atoms with van der Waals surface area (Å²) in [7, 11) is 0. The van der Waals surface area contributed by atoms with Crippen LogP contribution in [0.5, 0.6) is 0 Å². The molecule has 0 saturated carbocycles. The van der Waals surface area contributed by atoms with Crippen molar-refractivity contribution in [1.29, 1.82) is 0 Å². The molecule has 0 saturated heterocycles. The van der Waals surface area contributed by atoms with Gasteiger partial charge in [-0.1, -0.05) is 0 Å². The predicted octanol–water partition coefficient (Wildman–Crippen LogP) is 3.04. The Labute approximate surface area is 98.1 Å². The Kier molecular flexibility index (Phi) is 3.72. The summed E-state index contributed by atoms with van der Waals surface area (Å²) in [6.07, 6.45) is -4.90. The Balaban J connectivity index is 3.40. The summed E-state index contributed by atoms with van der Waals surface area (Å²) in [6, 6.07) is 2.02. The van der Waals surface area contributed by atoms with Crippen LogP contribution in [-0.2, 0) is 6.18 Å². The summed E-state index contributed by atoms with van der Waals surface area (Å²) in [5.41, 5.74) is -2.86. The first kappa shape index (κ1) is 13.4. The van der Waals surface area contributed by atoms with Crippen molar-refractivity contribution in [2.75, 3.05) is 5.88 Å². The number of nitro groups is 1. The Morgan fingerprint density at radius 3 is 2.41 bits per heavy atom. The normalized spacial score (nSPS) is 11.3. The van der Waals surface area contributed by atoms with E-state index >= 15 is 0 Å². The van der Waals surface area contributed by atoms with Gasteiger partial charge in [0.2, 0.25) is 0 Å². The molecule has 4 nitrogen and oxygen atoms in total. The minimum absolute atomic E-state index is 0.307. The van der Waals surface area contributed by atoms with Gasteiger partial charge in [-0.3, -0.25) is 14.9 Å². The number of nitrogens with zero attached hydrogens (tertiary/aromatic N) is 1. The molecule has 17 heavy (non-hydrogen) atoms. The third-order valence-corrected chi connectivity index (χ3v) is 2.18. The molecule has 0 radical (unpaired) electrons. The molecule has 0 atom stereocenters. The van der Waals surface area contributed by atoms with E-state index in [0.717, 1.165) is 6.07 Å². The van der Waals surface area contributed by atoms with Gasteiger partial charge in [0.15, 0.2) is 5.78 Å². The highest BCUT2D eigenvalue weighted by molar-refractivity contribution is 6.30. The minimum atomic E-state index is -4.90. The number of hydrogen-bond acceptors (Lipinski definition) is 3. The zero-order chi connectivity index (χ0) is 13.2. The van der Waals surface area contributed by atoms with Crippen molar-refractivity contribution >= 4 is 23.1 Å². The summed E-state index contributed by atoms with van der Waals surface area (Å²) in [4.78, 5) is 20.4. The number of halogens is 4. The van der Waals surface area contributed by atoms with Crippen LogP contribution < -0.4 is 0 Å². The van der Waals surface area contributed by atoms with E-state index in [1.807, 2.05) is 0 Å². The number of rotatable bonds is 3. The summed E-state index contributed by atoms with van der Waals surface area (Å²) in [5, 5.41) is 10.4. The van der Waals surface area contributed by atoms with Crippen LogP contribution >= 0.6 is 11.6 Å². The van der Waals surface area contributed by atoms with E-state index < -0.39 is 34.0 Å². The molecule has 0 unspecified atom stereocenters. The molecule has 0 aliphatic rings. The maximum absolute atomic E-state index is 12.5. The summed E-state index contributed by atoms with van der Waals surface area (Å²) < 4.78 is 37.5. The highest BCUT2D eigenvalue weighted by Gasteiger charge is 2.38. The molecule has 1 aromatic rings. The fourth-order valence-electron chi connectivity index (χ4n) is 1.17. The van der Waals surface area contributed by atoms with E-state index in [1.54, 1.807) is 0 Å². The average Bonchev–Trinajstić information content (AvgIpc) is 2.25. The van der Waals surface area contributed by atoms with Gasteiger partial charge >= 0.3 is 6.18 Å². The standard InChI is InChI=1S/C9H5ClF3NO3/c10-4-8(15)5-1-2-7(14(16)17)6(3-5)9(11,12)13/h1-3H,4H2. The van der Waals surface area contributed by atoms with E-state index in [-0.39, 0.29) is 5.56 Å². The lowest BCUT2D eigenvalue weighted by atomic mass is 10.1. The smallest absolute Gasteiger partial charge is 0.293 e. The third kappa shape index (κ3) is 2.94. The summed E-state index contributed by atoms with van der Waals surface area (Å²) >= 11 is 5.19. The number of Topliss-reactive ketones (excluding diaryl/α,β-unsaturated/α-hetero) is 1. The number of nitro benzene ring substituents is 1. The Morgan fingerprint density at radius 1 is 1.41 bits per heavy atom. The number of carbonyl (C=O) groups is 1. The van der Waals surface area contributed by atoms with Crippen LogP contribution in [0.25, 0.3) is 0 Å². The topological polar surface area (TPSA) is 60.2 Å². The molecular formula is C9H5ClF3NO3. The van der Waals surface area contributed by atoms with Gasteiger partial charge in [-0.25, -0.2) is 0 Å². The van der Waals surface area contributed by atoms with E-state index in [1.165, 1.54) is 0 Å². The van der Waals surface area contributed by atoms with Crippen molar-refractivity contribution in [3.8, 4) is 0 Å². The minimum Gasteiger partial charge on any atom is -0.293 e. The van der Waals surface area contributed by atoms with Crippen molar-refractivity contribution in [1.82, 2.24) is 0 Å². The third-order valence-electron chi connectivity index (χ3n) is 1.94. The number of ketones is 1. The highest BCUT2D eigenvalue weighted by atomic mass is 35.5. The lowest BCUT2D eigenvalue weighted by Gasteiger charge is -2.08. The van der Waals surface area contributed by atoms with Crippen LogP contribution in [0, 0.1) is 10.1 Å². The van der Waals surface area contributed by atoms with Crippen molar-refractivity contribution in [3.05, 3.63) is 39.4 Å². The monoisotopic (exact) mass is 267 g/mol. The van der Waals surface area contributed by atoms with Gasteiger partial charge in [0.25, 0.3) is 5.69 Å². The number of alkyl halides is 4. The predicted molar refractivity (Wildman–Crippen MR) is 53.1 cm³/mol. The van der Waals surface area contributed by atoms with Gasteiger partial charge in [0.1, 0.15) is 5.56 Å². The quantitative estimate of drug-likeness (QED) is 0.366. The first-order valence-corrected chi connectivity index (χ1v) is 4.75. The molecule has 0 heterocycles. The summed E-state index contributed by atoms with van der Waals surface area (Å²) in [6.45, 7) is 0. The van der Waals surface area contributed by atoms with Gasteiger partial charge in [0.05, 0.1) is 10.8 Å². The number of benzene rings is 1. The number of carbonyl (C=O) groups excluding carboxylic acids is 1. The van der Waals surface area contributed by atoms with Gasteiger partial charge in [-0.2, -0.15) is 13.2 Å². The maximum Gasteiger partial charge on any atom is 0.423 e. The molecule has 0 amide bonds. The summed E-state index contributed by atoms with van der Waals surface area (Å²) in [5.74, 6) is -1.22. The van der Waals surface area contributed by atoms with Crippen LogP contribution in [0.15, 0.2) is 18.2 Å². The van der Waals surface area contributed by atoms with Crippen molar-refractivity contribution in [2.45, 2.75) is 6.18 Å². The van der Waals surface area contributed by atoms with Gasteiger partial charge < -0.3 is 0 Å². The average molecular weight is 268 g/mol. The Hall–Kier alpha value is -1.63. The van der Waals surface area contributed by atoms with Gasteiger partial charge in [-0.15, -0.1) is 11.6 Å². The fourth-order valence-corrected chi connectivity index (χ4v) is 1.33. The molecule has 0 bridgehead atoms. The van der Waals surface area contributed by atoms with Gasteiger partial charge in [0, 0.05) is 11.6 Å². The molecule has 0 N–H and O–H groups in total. The van der Waals surface area contributed by atoms with Crippen LogP contribution in [0.1, 0.15) is 15.9 Å². The molecule has 0 aliphatic heterocycles. The Bertz CT molecular complexity index is 473. The molecule has 0 fully saturated rings. The molecule has 0 aliphatic carbocycles. The SMILES string of the molecule is O=C(CCl)c1ccc([N+](=O)[O-])c(C(F)(F)F)c1. The molecule has 0 aromatic heterocycles. The van der Waals surface area contributed by atoms with Crippen molar-refractivity contribution in [2.24, 2.45) is 0 Å². The second-order valence-corrected chi connectivity index (χ2v) is 3.31. The molecule has 1 aromatic carbocycles. The molecule has 92 valence electrons. The van der Waals surface area contributed by atoms with Crippen LogP contribution in [0.2, 0.25) is 0 Å². The first-order chi connectivity index (χ1) is 7.77. The largest absolute Gasteiger partial charge is 0.423 e. The fraction of sp³-hybridized carbons (Fsp3) is 0.222. The highest BCUT2D eigenvalue weighted by Crippen LogP contribution is 2.36. The van der Waals surface area contributed by atoms with Crippen LogP contribution in [-0.4, -0.2) is 16.6 Å². The van der Waals surface area contributed by atoms with Gasteiger partial charge in [-0.05, 0) is 12.1 Å². The van der Waals surface area contributed by atoms with Crippen LogP contribution in [0.3, 0.4) is 0 Å². The maximum atomic E-state index is 12.5. The lowest BCUT2D eigenvalue weighted by Crippen LogP contribution is -2.11. The molecule has 8 heteroatoms. The Morgan fingerprint density at radius 2 is 2.00 bits per heavy atom. The second-order valence-electron chi connectivity index (χ2n) is 3.04. The molecular weight excluding hydrogens is 263 g/mol. The van der Waals surface area contributed by atoms with E-state index in [2.05, 4.69) is 0 Å². The van der Waals surface area contributed by atoms with Crippen molar-refractivity contribution in [3.63, 3.8) is 0 Å². The first-order valence-electron chi connectivity index (χ1n) is 4.22. The molecule has 1 rings (SSSR count). The van der Waals surface area contributed by atoms with Crippen LogP contribution in [0.4, 0.5) is 18.9 Å².